The lowest BCUT2D eigenvalue weighted by Crippen LogP contribution is -2.62. The summed E-state index contributed by atoms with van der Waals surface area (Å²) in [4.78, 5) is 63.0. The molecule has 2 aliphatic heterocycles. The Morgan fingerprint density at radius 2 is 2.03 bits per heavy atom. The van der Waals surface area contributed by atoms with Crippen molar-refractivity contribution >= 4 is 45.0 Å². The number of benzene rings is 1. The normalized spacial score (nSPS) is 19.5. The maximum absolute atomic E-state index is 13.3. The molecular weight excluding hydrogens is 454 g/mol. The summed E-state index contributed by atoms with van der Waals surface area (Å²) in [5, 5.41) is 1.81. The molecule has 2 aliphatic rings. The fourth-order valence-electron chi connectivity index (χ4n) is 4.93. The summed E-state index contributed by atoms with van der Waals surface area (Å²) in [7, 11) is 1.67. The molecule has 1 saturated heterocycles. The molecule has 0 saturated carbocycles. The van der Waals surface area contributed by atoms with Gasteiger partial charge in [0.25, 0.3) is 11.5 Å². The topological polar surface area (TPSA) is 107 Å². The minimum Gasteiger partial charge on any atom is -0.338 e. The average Bonchev–Trinajstić information content (AvgIpc) is 3.41. The lowest BCUT2D eigenvalue weighted by atomic mass is 9.98. The highest BCUT2D eigenvalue weighted by atomic mass is 32.1. The zero-order chi connectivity index (χ0) is 24.0. The van der Waals surface area contributed by atoms with Crippen molar-refractivity contribution in [2.24, 2.45) is 0 Å². The minimum absolute atomic E-state index is 0.00680. The van der Waals surface area contributed by atoms with Gasteiger partial charge in [-0.2, -0.15) is 0 Å². The summed E-state index contributed by atoms with van der Waals surface area (Å²) < 4.78 is 0.568. The third-order valence-electron chi connectivity index (χ3n) is 6.69. The highest BCUT2D eigenvalue weighted by molar-refractivity contribution is 7.17. The van der Waals surface area contributed by atoms with Crippen LogP contribution < -0.4 is 10.5 Å². The summed E-state index contributed by atoms with van der Waals surface area (Å²) in [5.74, 6) is 0.215. The zero-order valence-corrected chi connectivity index (χ0v) is 19.9. The minimum atomic E-state index is -0.725. The van der Waals surface area contributed by atoms with Crippen molar-refractivity contribution in [3.8, 4) is 0 Å². The van der Waals surface area contributed by atoms with Gasteiger partial charge in [0, 0.05) is 26.4 Å². The van der Waals surface area contributed by atoms with Gasteiger partial charge in [0.05, 0.1) is 23.3 Å². The smallest absolute Gasteiger partial charge is 0.268 e. The number of hydrogen-bond acceptors (Lipinski definition) is 6. The number of rotatable bonds is 6. The first kappa shape index (κ1) is 22.3. The second-order valence-electron chi connectivity index (χ2n) is 8.92. The van der Waals surface area contributed by atoms with Gasteiger partial charge < -0.3 is 14.8 Å². The molecule has 1 fully saturated rings. The molecule has 3 aromatic rings. The molecule has 2 aromatic heterocycles. The van der Waals surface area contributed by atoms with Crippen LogP contribution in [0.25, 0.3) is 10.2 Å². The number of aromatic amines is 1. The number of carbonyl (C=O) groups excluding carboxylic acids is 3. The lowest BCUT2D eigenvalue weighted by molar-refractivity contribution is -0.130. The Kier molecular flexibility index (Phi) is 5.47. The van der Waals surface area contributed by atoms with Crippen LogP contribution >= 0.6 is 11.3 Å². The van der Waals surface area contributed by atoms with Crippen LogP contribution in [0.1, 0.15) is 48.8 Å². The van der Waals surface area contributed by atoms with Crippen molar-refractivity contribution in [1.29, 1.82) is 0 Å². The Bertz CT molecular complexity index is 1360. The number of aromatic nitrogens is 2. The summed E-state index contributed by atoms with van der Waals surface area (Å²) in [5.41, 5.74) is 0.865. The van der Waals surface area contributed by atoms with E-state index >= 15 is 0 Å². The molecule has 176 valence electrons. The number of fused-ring (bicyclic) bond motifs is 4. The molecule has 1 unspecified atom stereocenters. The van der Waals surface area contributed by atoms with Crippen molar-refractivity contribution in [3.63, 3.8) is 0 Å². The van der Waals surface area contributed by atoms with Crippen LogP contribution in [-0.4, -0.2) is 56.7 Å². The molecule has 0 radical (unpaired) electrons. The fraction of sp³-hybridized carbons (Fsp3) is 0.375. The number of hydrogen-bond donors (Lipinski definition) is 1. The highest BCUT2D eigenvalue weighted by Crippen LogP contribution is 2.44. The van der Waals surface area contributed by atoms with Crippen LogP contribution in [0.15, 0.2) is 40.5 Å². The molecule has 0 bridgehead atoms. The van der Waals surface area contributed by atoms with E-state index in [2.05, 4.69) is 9.97 Å². The Labute approximate surface area is 200 Å². The third-order valence-corrected chi connectivity index (χ3v) is 7.60. The first-order valence-corrected chi connectivity index (χ1v) is 12.1. The Morgan fingerprint density at radius 3 is 2.85 bits per heavy atom. The number of H-pyrrole nitrogens is 1. The average molecular weight is 480 g/mol. The number of para-hydroxylation sites is 1. The third kappa shape index (κ3) is 3.58. The molecule has 9 nitrogen and oxygen atoms in total. The van der Waals surface area contributed by atoms with Gasteiger partial charge in [-0.05, 0) is 43.3 Å². The van der Waals surface area contributed by atoms with Gasteiger partial charge in [-0.3, -0.25) is 24.1 Å². The van der Waals surface area contributed by atoms with Crippen molar-refractivity contribution in [2.75, 3.05) is 18.5 Å². The second kappa shape index (κ2) is 8.35. The van der Waals surface area contributed by atoms with Crippen LogP contribution in [0.2, 0.25) is 0 Å². The summed E-state index contributed by atoms with van der Waals surface area (Å²) >= 11 is 1.33. The van der Waals surface area contributed by atoms with E-state index in [0.29, 0.717) is 53.1 Å². The van der Waals surface area contributed by atoms with Crippen molar-refractivity contribution in [3.05, 3.63) is 57.5 Å². The molecule has 0 spiro atoms. The quantitative estimate of drug-likeness (QED) is 0.585. The molecular formula is C24H25N5O4S. The van der Waals surface area contributed by atoms with Crippen LogP contribution in [0.5, 0.6) is 0 Å². The van der Waals surface area contributed by atoms with Gasteiger partial charge in [0.2, 0.25) is 11.8 Å². The van der Waals surface area contributed by atoms with E-state index in [1.165, 1.54) is 16.2 Å². The van der Waals surface area contributed by atoms with Crippen molar-refractivity contribution in [2.45, 2.75) is 44.8 Å². The largest absolute Gasteiger partial charge is 0.338 e. The molecule has 1 atom stereocenters. The molecule has 10 heteroatoms. The van der Waals surface area contributed by atoms with Crippen LogP contribution in [0.3, 0.4) is 0 Å². The van der Waals surface area contributed by atoms with E-state index in [1.54, 1.807) is 35.0 Å². The lowest BCUT2D eigenvalue weighted by Gasteiger charge is -2.48. The number of nitrogens with one attached hydrogen (secondary N) is 1. The number of amides is 3. The molecule has 4 heterocycles. The van der Waals surface area contributed by atoms with Gasteiger partial charge in [0.1, 0.15) is 16.2 Å². The standard InChI is InChI=1S/C24H25N5O4S/c1-24-11-9-20(31)29(24)17-7-4-3-6-15(17)23(33)28(24)12-5-8-19(30)27(2)14-18-25-16-10-13-34-21(16)22(32)26-18/h3-4,6-7,10,13H,5,8-9,11-12,14H2,1-2H3,(H,25,26,32). The van der Waals surface area contributed by atoms with Gasteiger partial charge in [0.15, 0.2) is 0 Å². The van der Waals surface area contributed by atoms with Gasteiger partial charge in [-0.15, -0.1) is 11.3 Å². The summed E-state index contributed by atoms with van der Waals surface area (Å²) in [6, 6.07) is 8.97. The SMILES string of the molecule is CN(Cc1nc2ccsc2c(=O)[nH]1)C(=O)CCCN1C(=O)c2ccccc2N2C(=O)CCC12C. The Hall–Kier alpha value is -3.53. The van der Waals surface area contributed by atoms with Gasteiger partial charge in [-0.1, -0.05) is 12.1 Å². The fourth-order valence-corrected chi connectivity index (χ4v) is 5.66. The molecule has 1 N–H and O–H groups in total. The Balaban J connectivity index is 1.26. The maximum atomic E-state index is 13.3. The number of carbonyl (C=O) groups is 3. The summed E-state index contributed by atoms with van der Waals surface area (Å²) in [6.45, 7) is 2.47. The van der Waals surface area contributed by atoms with Crippen molar-refractivity contribution in [1.82, 2.24) is 19.8 Å². The Morgan fingerprint density at radius 1 is 1.24 bits per heavy atom. The van der Waals surface area contributed by atoms with E-state index in [0.717, 1.165) is 0 Å². The van der Waals surface area contributed by atoms with E-state index in [1.807, 2.05) is 24.4 Å². The molecule has 0 aliphatic carbocycles. The monoisotopic (exact) mass is 479 g/mol. The van der Waals surface area contributed by atoms with Crippen LogP contribution in [-0.2, 0) is 16.1 Å². The number of nitrogens with zero attached hydrogens (tertiary/aromatic N) is 4. The predicted octanol–water partition coefficient (Wildman–Crippen LogP) is 2.72. The molecule has 1 aromatic carbocycles. The zero-order valence-electron chi connectivity index (χ0n) is 19.0. The van der Waals surface area contributed by atoms with E-state index in [9.17, 15) is 19.2 Å². The summed E-state index contributed by atoms with van der Waals surface area (Å²) in [6.07, 6.45) is 1.64. The molecule has 3 amide bonds. The van der Waals surface area contributed by atoms with E-state index < -0.39 is 5.66 Å². The van der Waals surface area contributed by atoms with Crippen LogP contribution in [0.4, 0.5) is 5.69 Å². The second-order valence-corrected chi connectivity index (χ2v) is 9.84. The molecule has 34 heavy (non-hydrogen) atoms. The van der Waals surface area contributed by atoms with Crippen molar-refractivity contribution < 1.29 is 14.4 Å². The number of anilines is 1. The first-order valence-electron chi connectivity index (χ1n) is 11.2. The van der Waals surface area contributed by atoms with E-state index in [4.69, 9.17) is 0 Å². The molecule has 5 rings (SSSR count). The highest BCUT2D eigenvalue weighted by Gasteiger charge is 2.52. The maximum Gasteiger partial charge on any atom is 0.268 e. The number of thiophene rings is 1. The van der Waals surface area contributed by atoms with E-state index in [-0.39, 0.29) is 36.2 Å². The first-order chi connectivity index (χ1) is 16.3. The van der Waals surface area contributed by atoms with Gasteiger partial charge >= 0.3 is 0 Å². The van der Waals surface area contributed by atoms with Gasteiger partial charge in [-0.25, -0.2) is 4.98 Å². The predicted molar refractivity (Wildman–Crippen MR) is 129 cm³/mol. The van der Waals surface area contributed by atoms with Crippen LogP contribution in [0, 0.1) is 0 Å².